The number of hydrazine groups is 1. The predicted molar refractivity (Wildman–Crippen MR) is 70.2 cm³/mol. The lowest BCUT2D eigenvalue weighted by Gasteiger charge is -2.14. The number of para-hydroxylation sites is 1. The van der Waals surface area contributed by atoms with E-state index in [4.69, 9.17) is 10.3 Å². The number of halogens is 2. The lowest BCUT2D eigenvalue weighted by Crippen LogP contribution is -2.31. The Morgan fingerprint density at radius 3 is 2.80 bits per heavy atom. The fourth-order valence-corrected chi connectivity index (χ4v) is 2.07. The van der Waals surface area contributed by atoms with Crippen LogP contribution in [0.5, 0.6) is 0 Å². The van der Waals surface area contributed by atoms with E-state index < -0.39 is 18.9 Å². The number of hydrogen-bond acceptors (Lipinski definition) is 4. The molecular formula is C13H15F2N3O2. The summed E-state index contributed by atoms with van der Waals surface area (Å²) in [5, 5.41) is 0.607. The number of fused-ring (bicyclic) bond motifs is 1. The van der Waals surface area contributed by atoms with E-state index in [1.165, 1.54) is 11.9 Å². The number of nitrogen functional groups attached to an aromatic ring is 1. The van der Waals surface area contributed by atoms with Gasteiger partial charge in [-0.1, -0.05) is 18.2 Å². The zero-order valence-corrected chi connectivity index (χ0v) is 10.9. The molecule has 0 aliphatic heterocycles. The van der Waals surface area contributed by atoms with Gasteiger partial charge < -0.3 is 4.42 Å². The first-order valence-corrected chi connectivity index (χ1v) is 6.01. The fraction of sp³-hybridized carbons (Fsp3) is 0.308. The predicted octanol–water partition coefficient (Wildman–Crippen LogP) is 1.73. The molecule has 0 radical (unpaired) electrons. The monoisotopic (exact) mass is 283 g/mol. The molecule has 0 atom stereocenters. The van der Waals surface area contributed by atoms with Crippen LogP contribution < -0.4 is 11.3 Å². The molecule has 0 aliphatic rings. The minimum absolute atomic E-state index is 0.0990. The van der Waals surface area contributed by atoms with Crippen LogP contribution in [0.4, 0.5) is 8.78 Å². The first-order valence-electron chi connectivity index (χ1n) is 6.01. The van der Waals surface area contributed by atoms with Gasteiger partial charge in [0.05, 0.1) is 18.7 Å². The topological polar surface area (TPSA) is 71.5 Å². The summed E-state index contributed by atoms with van der Waals surface area (Å²) in [5.41, 5.74) is 2.85. The molecule has 0 unspecified atom stereocenters. The third-order valence-electron chi connectivity index (χ3n) is 2.89. The second-order valence-corrected chi connectivity index (χ2v) is 4.46. The summed E-state index contributed by atoms with van der Waals surface area (Å²) in [6.45, 7) is -0.303. The molecule has 2 aromatic rings. The average molecular weight is 283 g/mol. The van der Waals surface area contributed by atoms with E-state index in [0.717, 1.165) is 0 Å². The molecule has 0 bridgehead atoms. The Hall–Kier alpha value is -1.99. The van der Waals surface area contributed by atoms with Crippen molar-refractivity contribution in [2.75, 3.05) is 13.6 Å². The van der Waals surface area contributed by atoms with Crippen LogP contribution >= 0.6 is 0 Å². The smallest absolute Gasteiger partial charge is 0.269 e. The maximum absolute atomic E-state index is 12.3. The number of nitrogens with zero attached hydrogens (tertiary/aromatic N) is 1. The van der Waals surface area contributed by atoms with E-state index in [2.05, 4.69) is 0 Å². The molecule has 0 saturated heterocycles. The third-order valence-corrected chi connectivity index (χ3v) is 2.89. The Morgan fingerprint density at radius 1 is 1.45 bits per heavy atom. The number of carbonyl (C=O) groups excluding carboxylic acids is 1. The largest absolute Gasteiger partial charge is 0.459 e. The van der Waals surface area contributed by atoms with Crippen molar-refractivity contribution in [3.8, 4) is 0 Å². The number of rotatable bonds is 5. The number of benzene rings is 1. The van der Waals surface area contributed by atoms with E-state index in [9.17, 15) is 13.6 Å². The van der Waals surface area contributed by atoms with E-state index in [0.29, 0.717) is 16.7 Å². The summed E-state index contributed by atoms with van der Waals surface area (Å²) in [5.74, 6) is 4.97. The van der Waals surface area contributed by atoms with Gasteiger partial charge in [-0.15, -0.1) is 0 Å². The molecule has 0 spiro atoms. The Labute approximate surface area is 114 Å². The Kier molecular flexibility index (Phi) is 4.31. The van der Waals surface area contributed by atoms with Crippen molar-refractivity contribution < 1.29 is 18.0 Å². The molecule has 0 aliphatic carbocycles. The number of nitrogens with one attached hydrogen (secondary N) is 1. The lowest BCUT2D eigenvalue weighted by molar-refractivity contribution is 0.0925. The first kappa shape index (κ1) is 14.4. The van der Waals surface area contributed by atoms with Crippen LogP contribution in [0.1, 0.15) is 16.1 Å². The Balaban J connectivity index is 2.38. The van der Waals surface area contributed by atoms with E-state index in [-0.39, 0.29) is 12.1 Å². The van der Waals surface area contributed by atoms with Crippen LogP contribution in [0.25, 0.3) is 11.0 Å². The lowest BCUT2D eigenvalue weighted by atomic mass is 10.1. The van der Waals surface area contributed by atoms with Gasteiger partial charge in [-0.05, 0) is 13.1 Å². The van der Waals surface area contributed by atoms with Crippen molar-refractivity contribution in [1.82, 2.24) is 10.3 Å². The third kappa shape index (κ3) is 2.94. The Bertz CT molecular complexity index is 613. The molecule has 1 heterocycles. The zero-order valence-electron chi connectivity index (χ0n) is 10.9. The maximum Gasteiger partial charge on any atom is 0.269 e. The van der Waals surface area contributed by atoms with Crippen molar-refractivity contribution in [3.05, 3.63) is 35.6 Å². The van der Waals surface area contributed by atoms with E-state index in [1.807, 2.05) is 5.43 Å². The molecular weight excluding hydrogens is 268 g/mol. The summed E-state index contributed by atoms with van der Waals surface area (Å²) in [6, 6.07) is 6.96. The second-order valence-electron chi connectivity index (χ2n) is 4.46. The normalized spacial score (nSPS) is 11.5. The van der Waals surface area contributed by atoms with E-state index in [1.54, 1.807) is 24.3 Å². The van der Waals surface area contributed by atoms with Crippen LogP contribution in [0, 0.1) is 0 Å². The SMILES string of the molecule is CN(Cc1oc2ccccc2c1C(=O)NN)CC(F)F. The molecule has 2 rings (SSSR count). The molecule has 5 nitrogen and oxygen atoms in total. The van der Waals surface area contributed by atoms with Gasteiger partial charge >= 0.3 is 0 Å². The fourth-order valence-electron chi connectivity index (χ4n) is 2.07. The molecule has 20 heavy (non-hydrogen) atoms. The van der Waals surface area contributed by atoms with Crippen molar-refractivity contribution >= 4 is 16.9 Å². The molecule has 7 heteroatoms. The maximum atomic E-state index is 12.3. The van der Waals surface area contributed by atoms with Crippen LogP contribution in [0.15, 0.2) is 28.7 Å². The molecule has 108 valence electrons. The highest BCUT2D eigenvalue weighted by Gasteiger charge is 2.21. The summed E-state index contributed by atoms with van der Waals surface area (Å²) >= 11 is 0. The standard InChI is InChI=1S/C13H15F2N3O2/c1-18(7-11(14)15)6-10-12(13(19)17-16)8-4-2-3-5-9(8)20-10/h2-5,11H,6-7,16H2,1H3,(H,17,19). The summed E-state index contributed by atoms with van der Waals surface area (Å²) in [4.78, 5) is 13.2. The summed E-state index contributed by atoms with van der Waals surface area (Å²) < 4.78 is 30.3. The highest BCUT2D eigenvalue weighted by molar-refractivity contribution is 6.07. The van der Waals surface area contributed by atoms with Crippen molar-refractivity contribution in [2.24, 2.45) is 5.84 Å². The van der Waals surface area contributed by atoms with Gasteiger partial charge in [0.2, 0.25) is 0 Å². The number of nitrogens with two attached hydrogens (primary N) is 1. The summed E-state index contributed by atoms with van der Waals surface area (Å²) in [6.07, 6.45) is -2.45. The van der Waals surface area contributed by atoms with Gasteiger partial charge in [0.1, 0.15) is 11.3 Å². The van der Waals surface area contributed by atoms with Gasteiger partial charge in [-0.25, -0.2) is 14.6 Å². The molecule has 0 fully saturated rings. The van der Waals surface area contributed by atoms with Gasteiger partial charge in [-0.3, -0.25) is 15.1 Å². The second kappa shape index (κ2) is 5.98. The number of furan rings is 1. The number of carbonyl (C=O) groups is 1. The number of amides is 1. The van der Waals surface area contributed by atoms with E-state index >= 15 is 0 Å². The van der Waals surface area contributed by atoms with Gasteiger partial charge in [0, 0.05) is 5.39 Å². The van der Waals surface area contributed by atoms with Crippen molar-refractivity contribution in [1.29, 1.82) is 0 Å². The number of alkyl halides is 2. The average Bonchev–Trinajstić information content (AvgIpc) is 2.74. The molecule has 1 aromatic heterocycles. The minimum Gasteiger partial charge on any atom is -0.459 e. The summed E-state index contributed by atoms with van der Waals surface area (Å²) in [7, 11) is 1.53. The van der Waals surface area contributed by atoms with Gasteiger partial charge in [0.25, 0.3) is 12.3 Å². The zero-order chi connectivity index (χ0) is 14.7. The number of hydrogen-bond donors (Lipinski definition) is 2. The molecule has 0 saturated carbocycles. The van der Waals surface area contributed by atoms with Gasteiger partial charge in [0.15, 0.2) is 0 Å². The van der Waals surface area contributed by atoms with Crippen LogP contribution in [0.2, 0.25) is 0 Å². The van der Waals surface area contributed by atoms with Crippen molar-refractivity contribution in [2.45, 2.75) is 13.0 Å². The highest BCUT2D eigenvalue weighted by atomic mass is 19.3. The van der Waals surface area contributed by atoms with Crippen molar-refractivity contribution in [3.63, 3.8) is 0 Å². The first-order chi connectivity index (χ1) is 9.52. The minimum atomic E-state index is -2.45. The Morgan fingerprint density at radius 2 is 2.15 bits per heavy atom. The van der Waals surface area contributed by atoms with Gasteiger partial charge in [-0.2, -0.15) is 0 Å². The van der Waals surface area contributed by atoms with Crippen LogP contribution in [-0.4, -0.2) is 30.8 Å². The van der Waals surface area contributed by atoms with Crippen LogP contribution in [0.3, 0.4) is 0 Å². The highest BCUT2D eigenvalue weighted by Crippen LogP contribution is 2.26. The molecule has 1 aromatic carbocycles. The molecule has 1 amide bonds. The van der Waals surface area contributed by atoms with Crippen LogP contribution in [-0.2, 0) is 6.54 Å². The quantitative estimate of drug-likeness (QED) is 0.498. The molecule has 3 N–H and O–H groups in total.